The molecule has 4 heteroatoms. The lowest BCUT2D eigenvalue weighted by atomic mass is 9.90. The molecule has 0 aromatic carbocycles. The fraction of sp³-hybridized carbons (Fsp3) is 0.500. The number of halogens is 1. The van der Waals surface area contributed by atoms with Crippen LogP contribution in [0.3, 0.4) is 0 Å². The molecule has 2 rings (SSSR count). The number of aryl methyl sites for hydroxylation is 1. The molecule has 0 radical (unpaired) electrons. The Bertz CT molecular complexity index is 337. The van der Waals surface area contributed by atoms with Gasteiger partial charge in [-0.1, -0.05) is 0 Å². The number of rotatable bonds is 2. The molecule has 0 unspecified atom stereocenters. The zero-order chi connectivity index (χ0) is 10.1. The average Bonchev–Trinajstić information content (AvgIpc) is 2.09. The fourth-order valence-corrected chi connectivity index (χ4v) is 1.68. The van der Waals surface area contributed by atoms with Crippen molar-refractivity contribution in [2.45, 2.75) is 31.9 Å². The van der Waals surface area contributed by atoms with E-state index in [-0.39, 0.29) is 6.10 Å². The summed E-state index contributed by atoms with van der Waals surface area (Å²) in [6.07, 6.45) is 2.14. The minimum atomic E-state index is 0.262. The van der Waals surface area contributed by atoms with Gasteiger partial charge in [0.1, 0.15) is 6.10 Å². The van der Waals surface area contributed by atoms with Crippen molar-refractivity contribution in [1.29, 1.82) is 0 Å². The maximum absolute atomic E-state index is 5.67. The van der Waals surface area contributed by atoms with Gasteiger partial charge in [0.2, 0.25) is 5.88 Å². The first-order valence-corrected chi connectivity index (χ1v) is 5.50. The van der Waals surface area contributed by atoms with Crippen molar-refractivity contribution in [2.75, 3.05) is 0 Å². The molecular formula is C10H13BrN2O. The summed E-state index contributed by atoms with van der Waals surface area (Å²) in [5.74, 6) is 0.697. The zero-order valence-electron chi connectivity index (χ0n) is 8.03. The van der Waals surface area contributed by atoms with Gasteiger partial charge in [-0.3, -0.25) is 0 Å². The van der Waals surface area contributed by atoms with Crippen LogP contribution in [0.25, 0.3) is 0 Å². The Morgan fingerprint density at radius 1 is 1.50 bits per heavy atom. The molecule has 3 nitrogen and oxygen atoms in total. The molecule has 0 saturated heterocycles. The molecule has 76 valence electrons. The molecule has 2 N–H and O–H groups in total. The molecule has 0 amide bonds. The van der Waals surface area contributed by atoms with E-state index in [4.69, 9.17) is 10.5 Å². The summed E-state index contributed by atoms with van der Waals surface area (Å²) in [5, 5.41) is 0. The maximum Gasteiger partial charge on any atom is 0.213 e. The number of hydrogen-bond donors (Lipinski definition) is 1. The Labute approximate surface area is 91.8 Å². The van der Waals surface area contributed by atoms with Gasteiger partial charge >= 0.3 is 0 Å². The van der Waals surface area contributed by atoms with Gasteiger partial charge in [0.05, 0.1) is 5.69 Å². The standard InChI is InChI=1S/C10H13BrN2O/c1-6-9(11)2-3-10(13-6)14-8-4-7(12)5-8/h2-3,7-8H,4-5,12H2,1H3. The summed E-state index contributed by atoms with van der Waals surface area (Å²) in [6, 6.07) is 4.15. The Morgan fingerprint density at radius 3 is 2.79 bits per heavy atom. The van der Waals surface area contributed by atoms with Crippen LogP contribution in [0, 0.1) is 6.92 Å². The quantitative estimate of drug-likeness (QED) is 0.881. The van der Waals surface area contributed by atoms with Crippen LogP contribution in [0.15, 0.2) is 16.6 Å². The van der Waals surface area contributed by atoms with Gasteiger partial charge in [-0.15, -0.1) is 0 Å². The second-order valence-corrected chi connectivity index (χ2v) is 4.54. The lowest BCUT2D eigenvalue weighted by Gasteiger charge is -2.32. The summed E-state index contributed by atoms with van der Waals surface area (Å²) in [4.78, 5) is 4.31. The lowest BCUT2D eigenvalue weighted by Crippen LogP contribution is -2.43. The average molecular weight is 257 g/mol. The van der Waals surface area contributed by atoms with E-state index < -0.39 is 0 Å². The highest BCUT2D eigenvalue weighted by molar-refractivity contribution is 9.10. The third-order valence-corrected chi connectivity index (χ3v) is 3.25. The predicted octanol–water partition coefficient (Wildman–Crippen LogP) is 2.02. The van der Waals surface area contributed by atoms with Crippen molar-refractivity contribution < 1.29 is 4.74 Å². The molecule has 1 heterocycles. The molecule has 0 bridgehead atoms. The molecule has 1 saturated carbocycles. The van der Waals surface area contributed by atoms with Gasteiger partial charge in [-0.05, 0) is 41.8 Å². The Morgan fingerprint density at radius 2 is 2.21 bits per heavy atom. The van der Waals surface area contributed by atoms with E-state index in [1.165, 1.54) is 0 Å². The summed E-state index contributed by atoms with van der Waals surface area (Å²) < 4.78 is 6.65. The number of ether oxygens (including phenoxy) is 1. The van der Waals surface area contributed by atoms with Crippen LogP contribution in [0.4, 0.5) is 0 Å². The fourth-order valence-electron chi connectivity index (χ4n) is 1.46. The second kappa shape index (κ2) is 3.87. The van der Waals surface area contributed by atoms with Gasteiger partial charge in [0.25, 0.3) is 0 Å². The van der Waals surface area contributed by atoms with Gasteiger partial charge in [0, 0.05) is 16.6 Å². The van der Waals surface area contributed by atoms with Crippen molar-refractivity contribution in [3.05, 3.63) is 22.3 Å². The van der Waals surface area contributed by atoms with Crippen LogP contribution in [-0.2, 0) is 0 Å². The van der Waals surface area contributed by atoms with E-state index in [1.54, 1.807) is 0 Å². The first-order valence-electron chi connectivity index (χ1n) is 4.70. The summed E-state index contributed by atoms with van der Waals surface area (Å²) in [5.41, 5.74) is 6.62. The minimum Gasteiger partial charge on any atom is -0.474 e. The van der Waals surface area contributed by atoms with Gasteiger partial charge in [-0.2, -0.15) is 0 Å². The molecule has 1 aromatic rings. The van der Waals surface area contributed by atoms with Crippen LogP contribution >= 0.6 is 15.9 Å². The first kappa shape index (κ1) is 9.93. The molecule has 1 aromatic heterocycles. The van der Waals surface area contributed by atoms with Crippen molar-refractivity contribution in [3.8, 4) is 5.88 Å². The second-order valence-electron chi connectivity index (χ2n) is 3.69. The van der Waals surface area contributed by atoms with Gasteiger partial charge in [0.15, 0.2) is 0 Å². The van der Waals surface area contributed by atoms with Crippen LogP contribution in [-0.4, -0.2) is 17.1 Å². The topological polar surface area (TPSA) is 48.1 Å². The zero-order valence-corrected chi connectivity index (χ0v) is 9.62. The molecule has 0 atom stereocenters. The van der Waals surface area contributed by atoms with Crippen LogP contribution < -0.4 is 10.5 Å². The van der Waals surface area contributed by atoms with Crippen molar-refractivity contribution in [2.24, 2.45) is 5.73 Å². The number of nitrogens with zero attached hydrogens (tertiary/aromatic N) is 1. The minimum absolute atomic E-state index is 0.262. The highest BCUT2D eigenvalue weighted by Gasteiger charge is 2.27. The number of nitrogens with two attached hydrogens (primary N) is 1. The summed E-state index contributed by atoms with van der Waals surface area (Å²) >= 11 is 3.40. The summed E-state index contributed by atoms with van der Waals surface area (Å²) in [7, 11) is 0. The number of pyridine rings is 1. The largest absolute Gasteiger partial charge is 0.474 e. The highest BCUT2D eigenvalue weighted by Crippen LogP contribution is 2.25. The Kier molecular flexibility index (Phi) is 2.74. The first-order chi connectivity index (χ1) is 6.65. The highest BCUT2D eigenvalue weighted by atomic mass is 79.9. The molecule has 1 aliphatic rings. The molecule has 14 heavy (non-hydrogen) atoms. The Hall–Kier alpha value is -0.610. The predicted molar refractivity (Wildman–Crippen MR) is 58.3 cm³/mol. The lowest BCUT2D eigenvalue weighted by molar-refractivity contribution is 0.0957. The van der Waals surface area contributed by atoms with E-state index in [0.717, 1.165) is 23.0 Å². The van der Waals surface area contributed by atoms with Crippen LogP contribution in [0.1, 0.15) is 18.5 Å². The number of aromatic nitrogens is 1. The molecule has 1 fully saturated rings. The van der Waals surface area contributed by atoms with E-state index >= 15 is 0 Å². The van der Waals surface area contributed by atoms with Crippen molar-refractivity contribution in [1.82, 2.24) is 4.98 Å². The maximum atomic E-state index is 5.67. The van der Waals surface area contributed by atoms with Crippen LogP contribution in [0.2, 0.25) is 0 Å². The molecule has 0 aliphatic heterocycles. The van der Waals surface area contributed by atoms with E-state index in [2.05, 4.69) is 20.9 Å². The normalized spacial score (nSPS) is 25.6. The monoisotopic (exact) mass is 256 g/mol. The van der Waals surface area contributed by atoms with Gasteiger partial charge in [-0.25, -0.2) is 4.98 Å². The molecular weight excluding hydrogens is 244 g/mol. The summed E-state index contributed by atoms with van der Waals surface area (Å²) in [6.45, 7) is 1.95. The molecule has 0 spiro atoms. The van der Waals surface area contributed by atoms with E-state index in [1.807, 2.05) is 19.1 Å². The SMILES string of the molecule is Cc1nc(OC2CC(N)C2)ccc1Br. The third kappa shape index (κ3) is 2.07. The smallest absolute Gasteiger partial charge is 0.213 e. The van der Waals surface area contributed by atoms with E-state index in [0.29, 0.717) is 11.9 Å². The van der Waals surface area contributed by atoms with E-state index in [9.17, 15) is 0 Å². The third-order valence-electron chi connectivity index (χ3n) is 2.41. The molecule has 1 aliphatic carbocycles. The van der Waals surface area contributed by atoms with Gasteiger partial charge < -0.3 is 10.5 Å². The van der Waals surface area contributed by atoms with Crippen LogP contribution in [0.5, 0.6) is 5.88 Å². The van der Waals surface area contributed by atoms with Crippen molar-refractivity contribution >= 4 is 15.9 Å². The Balaban J connectivity index is 2.00. The van der Waals surface area contributed by atoms with Crippen molar-refractivity contribution in [3.63, 3.8) is 0 Å². The number of hydrogen-bond acceptors (Lipinski definition) is 3.